The fourth-order valence-electron chi connectivity index (χ4n) is 2.79. The molecule has 2 amide bonds. The van der Waals surface area contributed by atoms with E-state index >= 15 is 0 Å². The van der Waals surface area contributed by atoms with E-state index in [4.69, 9.17) is 4.74 Å². The van der Waals surface area contributed by atoms with Crippen LogP contribution in [0.5, 0.6) is 11.6 Å². The molecule has 0 spiro atoms. The van der Waals surface area contributed by atoms with E-state index in [9.17, 15) is 22.8 Å². The van der Waals surface area contributed by atoms with Crippen molar-refractivity contribution in [1.82, 2.24) is 15.2 Å². The molecule has 1 saturated heterocycles. The van der Waals surface area contributed by atoms with Gasteiger partial charge in [0.1, 0.15) is 5.75 Å². The molecule has 0 atom stereocenters. The third-order valence-electron chi connectivity index (χ3n) is 4.21. The topological polar surface area (TPSA) is 71.5 Å². The number of carbonyl (C=O) groups is 2. The van der Waals surface area contributed by atoms with Crippen molar-refractivity contribution in [3.8, 4) is 11.6 Å². The summed E-state index contributed by atoms with van der Waals surface area (Å²) in [6.45, 7) is 0.606. The first kappa shape index (κ1) is 19.7. The van der Waals surface area contributed by atoms with Gasteiger partial charge in [0.05, 0.1) is 12.1 Å². The van der Waals surface area contributed by atoms with Crippen LogP contribution in [0, 0.1) is 0 Å². The molecule has 1 fully saturated rings. The molecule has 1 N–H and O–H groups in total. The molecule has 0 bridgehead atoms. The molecule has 3 rings (SSSR count). The van der Waals surface area contributed by atoms with E-state index in [1.165, 1.54) is 23.2 Å². The summed E-state index contributed by atoms with van der Waals surface area (Å²) in [4.78, 5) is 29.2. The van der Waals surface area contributed by atoms with Gasteiger partial charge in [0.2, 0.25) is 17.7 Å². The maximum Gasteiger partial charge on any atom is 0.416 e. The summed E-state index contributed by atoms with van der Waals surface area (Å²) < 4.78 is 44.0. The number of halogens is 3. The zero-order chi connectivity index (χ0) is 20.1. The molecular weight excluding hydrogens is 375 g/mol. The Hall–Kier alpha value is -3.10. The molecule has 2 heterocycles. The first-order valence-electron chi connectivity index (χ1n) is 8.66. The molecule has 1 aliphatic rings. The van der Waals surface area contributed by atoms with Crippen LogP contribution >= 0.6 is 0 Å². The average Bonchev–Trinajstić information content (AvgIpc) is 3.05. The molecular formula is C19H18F3N3O3. The highest BCUT2D eigenvalue weighted by atomic mass is 19.4. The lowest BCUT2D eigenvalue weighted by molar-refractivity contribution is -0.137. The number of hydrogen-bond acceptors (Lipinski definition) is 4. The highest BCUT2D eigenvalue weighted by Crippen LogP contribution is 2.32. The second kappa shape index (κ2) is 8.28. The second-order valence-corrected chi connectivity index (χ2v) is 6.29. The number of pyridine rings is 1. The number of likely N-dealkylation sites (tertiary alicyclic amines) is 1. The molecule has 1 aromatic heterocycles. The molecule has 0 unspecified atom stereocenters. The largest absolute Gasteiger partial charge is 0.439 e. The van der Waals surface area contributed by atoms with Crippen molar-refractivity contribution in [1.29, 1.82) is 0 Å². The monoisotopic (exact) mass is 393 g/mol. The molecule has 28 heavy (non-hydrogen) atoms. The van der Waals surface area contributed by atoms with Crippen LogP contribution in [0.3, 0.4) is 0 Å². The van der Waals surface area contributed by atoms with Crippen molar-refractivity contribution >= 4 is 11.8 Å². The standard InChI is InChI=1S/C19H18F3N3O3/c20-19(21,22)14-5-1-6-15(10-14)28-18-13(4-2-8-23-18)11-24-16(26)12-25-9-3-7-17(25)27/h1-2,4-6,8,10H,3,7,9,11-12H2,(H,24,26). The van der Waals surface area contributed by atoms with E-state index in [2.05, 4.69) is 10.3 Å². The minimum atomic E-state index is -4.48. The van der Waals surface area contributed by atoms with Gasteiger partial charge in [0, 0.05) is 31.3 Å². The van der Waals surface area contributed by atoms with Crippen LogP contribution in [0.4, 0.5) is 13.2 Å². The Balaban J connectivity index is 1.65. The van der Waals surface area contributed by atoms with Gasteiger partial charge in [-0.05, 0) is 30.7 Å². The lowest BCUT2D eigenvalue weighted by atomic mass is 10.2. The van der Waals surface area contributed by atoms with Crippen LogP contribution in [0.15, 0.2) is 42.6 Å². The molecule has 148 valence electrons. The zero-order valence-corrected chi connectivity index (χ0v) is 14.8. The van der Waals surface area contributed by atoms with Crippen LogP contribution in [0.25, 0.3) is 0 Å². The summed E-state index contributed by atoms with van der Waals surface area (Å²) in [5.41, 5.74) is -0.327. The van der Waals surface area contributed by atoms with Crippen LogP contribution in [0.1, 0.15) is 24.0 Å². The summed E-state index contributed by atoms with van der Waals surface area (Å²) in [6, 6.07) is 7.75. The zero-order valence-electron chi connectivity index (χ0n) is 14.8. The predicted octanol–water partition coefficient (Wildman–Crippen LogP) is 3.13. The number of nitrogens with one attached hydrogen (secondary N) is 1. The number of nitrogens with zero attached hydrogens (tertiary/aromatic N) is 2. The number of amides is 2. The number of benzene rings is 1. The van der Waals surface area contributed by atoms with E-state index in [0.29, 0.717) is 18.5 Å². The SMILES string of the molecule is O=C(CN1CCCC1=O)NCc1cccnc1Oc1cccc(C(F)(F)F)c1. The smallest absolute Gasteiger partial charge is 0.416 e. The van der Waals surface area contributed by atoms with Crippen molar-refractivity contribution in [2.45, 2.75) is 25.6 Å². The van der Waals surface area contributed by atoms with Crippen molar-refractivity contribution in [2.24, 2.45) is 0 Å². The van der Waals surface area contributed by atoms with E-state index in [1.54, 1.807) is 12.1 Å². The van der Waals surface area contributed by atoms with E-state index in [1.807, 2.05) is 0 Å². The number of hydrogen-bond donors (Lipinski definition) is 1. The minimum Gasteiger partial charge on any atom is -0.439 e. The highest BCUT2D eigenvalue weighted by Gasteiger charge is 2.30. The Labute approximate surface area is 159 Å². The third-order valence-corrected chi connectivity index (χ3v) is 4.21. The van der Waals surface area contributed by atoms with E-state index in [0.717, 1.165) is 18.6 Å². The van der Waals surface area contributed by atoms with Gasteiger partial charge in [0.15, 0.2) is 0 Å². The summed E-state index contributed by atoms with van der Waals surface area (Å²) in [5, 5.41) is 2.68. The molecule has 0 radical (unpaired) electrons. The van der Waals surface area contributed by atoms with Gasteiger partial charge < -0.3 is 15.0 Å². The maximum atomic E-state index is 12.8. The number of rotatable bonds is 6. The van der Waals surface area contributed by atoms with Crippen molar-refractivity contribution in [3.63, 3.8) is 0 Å². The molecule has 6 nitrogen and oxygen atoms in total. The minimum absolute atomic E-state index is 0.0104. The van der Waals surface area contributed by atoms with Crippen molar-refractivity contribution in [2.75, 3.05) is 13.1 Å². The third kappa shape index (κ3) is 4.99. The second-order valence-electron chi connectivity index (χ2n) is 6.29. The fraction of sp³-hybridized carbons (Fsp3) is 0.316. The average molecular weight is 393 g/mol. The lowest BCUT2D eigenvalue weighted by Gasteiger charge is -2.16. The van der Waals surface area contributed by atoms with Gasteiger partial charge in [0.25, 0.3) is 0 Å². The normalized spacial score (nSPS) is 14.2. The fourth-order valence-corrected chi connectivity index (χ4v) is 2.79. The van der Waals surface area contributed by atoms with Gasteiger partial charge in [-0.15, -0.1) is 0 Å². The molecule has 9 heteroatoms. The highest BCUT2D eigenvalue weighted by molar-refractivity contribution is 5.85. The predicted molar refractivity (Wildman–Crippen MR) is 93.4 cm³/mol. The molecule has 1 aliphatic heterocycles. The summed E-state index contributed by atoms with van der Waals surface area (Å²) >= 11 is 0. The molecule has 1 aromatic carbocycles. The summed E-state index contributed by atoms with van der Waals surface area (Å²) in [7, 11) is 0. The molecule has 0 saturated carbocycles. The Kier molecular flexibility index (Phi) is 5.81. The molecule has 0 aliphatic carbocycles. The summed E-state index contributed by atoms with van der Waals surface area (Å²) in [5.74, 6) is -0.294. The van der Waals surface area contributed by atoms with Crippen molar-refractivity contribution in [3.05, 3.63) is 53.7 Å². The maximum absolute atomic E-state index is 12.8. The van der Waals surface area contributed by atoms with Gasteiger partial charge in [-0.1, -0.05) is 12.1 Å². The van der Waals surface area contributed by atoms with Gasteiger partial charge in [-0.25, -0.2) is 4.98 Å². The Morgan fingerprint density at radius 1 is 1.25 bits per heavy atom. The number of alkyl halides is 3. The Morgan fingerprint density at radius 3 is 2.79 bits per heavy atom. The molecule has 2 aromatic rings. The quantitative estimate of drug-likeness (QED) is 0.819. The van der Waals surface area contributed by atoms with Crippen LogP contribution in [-0.2, 0) is 22.3 Å². The van der Waals surface area contributed by atoms with Crippen LogP contribution < -0.4 is 10.1 Å². The van der Waals surface area contributed by atoms with Gasteiger partial charge >= 0.3 is 6.18 Å². The first-order valence-corrected chi connectivity index (χ1v) is 8.66. The Morgan fingerprint density at radius 2 is 2.07 bits per heavy atom. The van der Waals surface area contributed by atoms with Crippen LogP contribution in [0.2, 0.25) is 0 Å². The number of aromatic nitrogens is 1. The van der Waals surface area contributed by atoms with E-state index in [-0.39, 0.29) is 36.5 Å². The van der Waals surface area contributed by atoms with Gasteiger partial charge in [-0.3, -0.25) is 9.59 Å². The summed E-state index contributed by atoms with van der Waals surface area (Å²) in [6.07, 6.45) is -1.85. The number of carbonyl (C=O) groups excluding carboxylic acids is 2. The van der Waals surface area contributed by atoms with Crippen molar-refractivity contribution < 1.29 is 27.5 Å². The first-order chi connectivity index (χ1) is 13.3. The van der Waals surface area contributed by atoms with Crippen LogP contribution in [-0.4, -0.2) is 34.8 Å². The van der Waals surface area contributed by atoms with Gasteiger partial charge in [-0.2, -0.15) is 13.2 Å². The number of ether oxygens (including phenoxy) is 1. The Bertz CT molecular complexity index is 871. The lowest BCUT2D eigenvalue weighted by Crippen LogP contribution is -2.37. The van der Waals surface area contributed by atoms with E-state index < -0.39 is 11.7 Å².